The molecule has 1 aliphatic rings. The van der Waals surface area contributed by atoms with Gasteiger partial charge in [0.15, 0.2) is 0 Å². The monoisotopic (exact) mass is 264 g/mol. The minimum atomic E-state index is -1.05. The summed E-state index contributed by atoms with van der Waals surface area (Å²) in [6, 6.07) is 3.13. The smallest absolute Gasteiger partial charge is 0.354 e. The lowest BCUT2D eigenvalue weighted by atomic mass is 10.2. The quantitative estimate of drug-likeness (QED) is 0.744. The molecule has 6 heteroatoms. The molecule has 6 nitrogen and oxygen atoms in total. The van der Waals surface area contributed by atoms with Crippen molar-refractivity contribution in [2.45, 2.75) is 31.8 Å². The van der Waals surface area contributed by atoms with E-state index in [2.05, 4.69) is 10.3 Å². The zero-order valence-electron chi connectivity index (χ0n) is 10.7. The van der Waals surface area contributed by atoms with Gasteiger partial charge >= 0.3 is 11.9 Å². The maximum absolute atomic E-state index is 11.7. The van der Waals surface area contributed by atoms with Gasteiger partial charge < -0.3 is 9.84 Å². The van der Waals surface area contributed by atoms with E-state index in [1.807, 2.05) is 0 Å². The highest BCUT2D eigenvalue weighted by Gasteiger charge is 2.50. The fourth-order valence-electron chi connectivity index (χ4n) is 1.77. The Morgan fingerprint density at radius 2 is 2.21 bits per heavy atom. The molecule has 1 aliphatic carbocycles. The summed E-state index contributed by atoms with van der Waals surface area (Å²) in [4.78, 5) is 26.2. The van der Waals surface area contributed by atoms with Crippen molar-refractivity contribution in [2.75, 3.05) is 6.61 Å². The van der Waals surface area contributed by atoms with Gasteiger partial charge in [-0.15, -0.1) is 0 Å². The van der Waals surface area contributed by atoms with Gasteiger partial charge in [-0.25, -0.2) is 9.78 Å². The number of carboxylic acid groups (broad SMARTS) is 1. The van der Waals surface area contributed by atoms with Gasteiger partial charge in [0.05, 0.1) is 6.61 Å². The first-order valence-electron chi connectivity index (χ1n) is 6.18. The molecule has 19 heavy (non-hydrogen) atoms. The third-order valence-corrected chi connectivity index (χ3v) is 3.09. The fourth-order valence-corrected chi connectivity index (χ4v) is 1.77. The largest absolute Gasteiger partial charge is 0.477 e. The number of aromatic nitrogens is 1. The summed E-state index contributed by atoms with van der Waals surface area (Å²) in [6.07, 6.45) is 3.04. The number of ether oxygens (including phenoxy) is 1. The van der Waals surface area contributed by atoms with Crippen LogP contribution in [0.25, 0.3) is 0 Å². The first-order chi connectivity index (χ1) is 9.07. The number of rotatable bonds is 6. The van der Waals surface area contributed by atoms with Gasteiger partial charge in [-0.05, 0) is 31.4 Å². The Bertz CT molecular complexity index is 480. The number of hydrogen-bond acceptors (Lipinski definition) is 5. The molecule has 102 valence electrons. The zero-order chi connectivity index (χ0) is 13.9. The van der Waals surface area contributed by atoms with Crippen LogP contribution in [0.15, 0.2) is 18.3 Å². The third kappa shape index (κ3) is 3.08. The molecule has 1 fully saturated rings. The Morgan fingerprint density at radius 1 is 1.47 bits per heavy atom. The Hall–Kier alpha value is -1.95. The minimum absolute atomic E-state index is 0.00952. The van der Waals surface area contributed by atoms with E-state index in [1.165, 1.54) is 12.3 Å². The number of carbonyl (C=O) groups excluding carboxylic acids is 1. The number of pyridine rings is 1. The molecule has 1 aromatic rings. The highest BCUT2D eigenvalue weighted by Crippen LogP contribution is 2.36. The van der Waals surface area contributed by atoms with Crippen LogP contribution in [0.3, 0.4) is 0 Å². The Kier molecular flexibility index (Phi) is 3.80. The van der Waals surface area contributed by atoms with E-state index in [0.29, 0.717) is 13.2 Å². The number of hydrogen-bond donors (Lipinski definition) is 2. The molecule has 1 aromatic heterocycles. The Balaban J connectivity index is 1.92. The predicted molar refractivity (Wildman–Crippen MR) is 66.6 cm³/mol. The average molecular weight is 264 g/mol. The molecule has 2 rings (SSSR count). The van der Waals surface area contributed by atoms with Crippen LogP contribution in [0.4, 0.5) is 0 Å². The van der Waals surface area contributed by atoms with Gasteiger partial charge in [-0.3, -0.25) is 10.1 Å². The Morgan fingerprint density at radius 3 is 2.68 bits per heavy atom. The van der Waals surface area contributed by atoms with E-state index in [-0.39, 0.29) is 11.7 Å². The van der Waals surface area contributed by atoms with E-state index in [1.54, 1.807) is 13.0 Å². The molecule has 2 N–H and O–H groups in total. The highest BCUT2D eigenvalue weighted by atomic mass is 16.5. The first-order valence-corrected chi connectivity index (χ1v) is 6.18. The molecule has 0 spiro atoms. The maximum Gasteiger partial charge on any atom is 0.354 e. The first kappa shape index (κ1) is 13.5. The SMILES string of the molecule is CCOC(=O)C1(NCc2ccc(C(=O)O)nc2)CC1. The van der Waals surface area contributed by atoms with Gasteiger partial charge in [0.2, 0.25) is 0 Å². The van der Waals surface area contributed by atoms with Crippen LogP contribution in [-0.2, 0) is 16.1 Å². The van der Waals surface area contributed by atoms with Crippen molar-refractivity contribution in [3.63, 3.8) is 0 Å². The number of carboxylic acids is 1. The van der Waals surface area contributed by atoms with Crippen molar-refractivity contribution in [2.24, 2.45) is 0 Å². The summed E-state index contributed by atoms with van der Waals surface area (Å²) in [6.45, 7) is 2.62. The van der Waals surface area contributed by atoms with Crippen molar-refractivity contribution in [3.8, 4) is 0 Å². The van der Waals surface area contributed by atoms with Crippen LogP contribution in [0, 0.1) is 0 Å². The molecule has 0 aliphatic heterocycles. The maximum atomic E-state index is 11.7. The second-order valence-electron chi connectivity index (χ2n) is 4.51. The molecule has 1 heterocycles. The molecule has 0 radical (unpaired) electrons. The number of carbonyl (C=O) groups is 2. The van der Waals surface area contributed by atoms with Crippen LogP contribution in [-0.4, -0.2) is 34.2 Å². The molecule has 0 aromatic carbocycles. The zero-order valence-corrected chi connectivity index (χ0v) is 10.7. The van der Waals surface area contributed by atoms with Crippen molar-refractivity contribution < 1.29 is 19.4 Å². The van der Waals surface area contributed by atoms with Gasteiger partial charge in [-0.1, -0.05) is 6.07 Å². The standard InChI is InChI=1S/C13H16N2O4/c1-2-19-12(18)13(5-6-13)15-8-9-3-4-10(11(16)17)14-7-9/h3-4,7,15H,2,5-6,8H2,1H3,(H,16,17). The van der Waals surface area contributed by atoms with Crippen LogP contribution >= 0.6 is 0 Å². The van der Waals surface area contributed by atoms with Crippen LogP contribution in [0.2, 0.25) is 0 Å². The van der Waals surface area contributed by atoms with Crippen LogP contribution < -0.4 is 5.32 Å². The average Bonchev–Trinajstić information content (AvgIpc) is 3.18. The lowest BCUT2D eigenvalue weighted by Crippen LogP contribution is -2.40. The summed E-state index contributed by atoms with van der Waals surface area (Å²) in [5.41, 5.74) is 0.289. The molecule has 0 saturated heterocycles. The van der Waals surface area contributed by atoms with Crippen molar-refractivity contribution in [3.05, 3.63) is 29.6 Å². The van der Waals surface area contributed by atoms with E-state index >= 15 is 0 Å². The fraction of sp³-hybridized carbons (Fsp3) is 0.462. The Labute approximate surface area is 110 Å². The van der Waals surface area contributed by atoms with E-state index in [9.17, 15) is 9.59 Å². The van der Waals surface area contributed by atoms with Gasteiger partial charge in [0.1, 0.15) is 11.2 Å². The summed E-state index contributed by atoms with van der Waals surface area (Å²) in [7, 11) is 0. The van der Waals surface area contributed by atoms with Crippen molar-refractivity contribution >= 4 is 11.9 Å². The number of esters is 1. The van der Waals surface area contributed by atoms with Crippen molar-refractivity contribution in [1.82, 2.24) is 10.3 Å². The molecule has 0 amide bonds. The van der Waals surface area contributed by atoms with Gasteiger partial charge in [-0.2, -0.15) is 0 Å². The van der Waals surface area contributed by atoms with Gasteiger partial charge in [0.25, 0.3) is 0 Å². The van der Waals surface area contributed by atoms with Gasteiger partial charge in [0, 0.05) is 12.7 Å². The number of nitrogens with zero attached hydrogens (tertiary/aromatic N) is 1. The topological polar surface area (TPSA) is 88.5 Å². The van der Waals surface area contributed by atoms with Crippen LogP contribution in [0.1, 0.15) is 35.8 Å². The normalized spacial score (nSPS) is 15.8. The molecule has 0 atom stereocenters. The highest BCUT2D eigenvalue weighted by molar-refractivity contribution is 5.85. The third-order valence-electron chi connectivity index (χ3n) is 3.09. The van der Waals surface area contributed by atoms with Crippen LogP contribution in [0.5, 0.6) is 0 Å². The molecular formula is C13H16N2O4. The summed E-state index contributed by atoms with van der Waals surface area (Å²) in [5, 5.41) is 11.9. The molecule has 0 unspecified atom stereocenters. The van der Waals surface area contributed by atoms with Crippen molar-refractivity contribution in [1.29, 1.82) is 0 Å². The number of aromatic carboxylic acids is 1. The lowest BCUT2D eigenvalue weighted by Gasteiger charge is -2.15. The number of nitrogens with one attached hydrogen (secondary N) is 1. The lowest BCUT2D eigenvalue weighted by molar-refractivity contribution is -0.147. The molecule has 1 saturated carbocycles. The summed E-state index contributed by atoms with van der Waals surface area (Å²) in [5.74, 6) is -1.27. The molecule has 0 bridgehead atoms. The van der Waals surface area contributed by atoms with E-state index in [0.717, 1.165) is 18.4 Å². The predicted octanol–water partition coefficient (Wildman–Crippen LogP) is 0.965. The van der Waals surface area contributed by atoms with E-state index in [4.69, 9.17) is 9.84 Å². The second-order valence-corrected chi connectivity index (χ2v) is 4.51. The van der Waals surface area contributed by atoms with E-state index < -0.39 is 11.5 Å². The summed E-state index contributed by atoms with van der Waals surface area (Å²) < 4.78 is 5.01. The second kappa shape index (κ2) is 5.36. The summed E-state index contributed by atoms with van der Waals surface area (Å²) >= 11 is 0. The molecular weight excluding hydrogens is 248 g/mol. The minimum Gasteiger partial charge on any atom is -0.477 e.